The van der Waals surface area contributed by atoms with Gasteiger partial charge in [0, 0.05) is 0 Å². The fourth-order valence-corrected chi connectivity index (χ4v) is 5.68. The molecule has 4 rings (SSSR count). The van der Waals surface area contributed by atoms with E-state index in [0.717, 1.165) is 22.3 Å². The number of rotatable bonds is 11. The van der Waals surface area contributed by atoms with E-state index in [1.54, 1.807) is 0 Å². The van der Waals surface area contributed by atoms with E-state index in [2.05, 4.69) is 41.5 Å². The van der Waals surface area contributed by atoms with Crippen molar-refractivity contribution in [2.24, 2.45) is 0 Å². The number of ether oxygens (including phenoxy) is 2. The van der Waals surface area contributed by atoms with Gasteiger partial charge in [-0.15, -0.1) is 0 Å². The Morgan fingerprint density at radius 2 is 1.02 bits per heavy atom. The zero-order valence-electron chi connectivity index (χ0n) is 30.8. The summed E-state index contributed by atoms with van der Waals surface area (Å²) in [6.07, 6.45) is 1.32. The average Bonchev–Trinajstić information content (AvgIpc) is 3.07. The lowest BCUT2D eigenvalue weighted by Crippen LogP contribution is -2.38. The maximum atomic E-state index is 14.8. The second-order valence-corrected chi connectivity index (χ2v) is 14.0. The molecule has 0 heterocycles. The smallest absolute Gasteiger partial charge is 0.422 e. The first-order valence-electron chi connectivity index (χ1n) is 17.3. The number of aryl methyl sites for hydroxylation is 2. The number of hydrogen-bond donors (Lipinski definition) is 0. The molecule has 0 spiro atoms. The van der Waals surface area contributed by atoms with E-state index in [1.807, 2.05) is 113 Å². The molecule has 7 heteroatoms. The quantitative estimate of drug-likeness (QED) is 0.117. The predicted octanol–water partition coefficient (Wildman–Crippen LogP) is 10.2. The molecule has 0 aliphatic rings. The standard InChI is InChI=1S/C42H52N2O5/c1-11-29-19-15-17-21-33(29)43(35-27-31(41(5,6)7)23-25-37(35)47-13-3)39(45)40(46)49-44(34-22-18-16-20-30(34)12-2)36-28-32(42(8,9)10)24-26-38(36)48-14-4/h15-28H,11-14H2,1-10H3. The molecule has 1 amide bonds. The van der Waals surface area contributed by atoms with E-state index in [-0.39, 0.29) is 10.8 Å². The van der Waals surface area contributed by atoms with E-state index in [9.17, 15) is 9.59 Å². The first-order valence-corrected chi connectivity index (χ1v) is 17.3. The molecule has 260 valence electrons. The molecule has 49 heavy (non-hydrogen) atoms. The molecule has 0 bridgehead atoms. The molecule has 0 unspecified atom stereocenters. The fourth-order valence-electron chi connectivity index (χ4n) is 5.68. The molecule has 0 aliphatic heterocycles. The molecular weight excluding hydrogens is 612 g/mol. The molecule has 0 fully saturated rings. The summed E-state index contributed by atoms with van der Waals surface area (Å²) in [7, 11) is 0. The third kappa shape index (κ3) is 8.45. The van der Waals surface area contributed by atoms with Gasteiger partial charge in [0.25, 0.3) is 0 Å². The summed E-state index contributed by atoms with van der Waals surface area (Å²) in [5, 5.41) is 1.46. The van der Waals surface area contributed by atoms with Crippen LogP contribution in [-0.4, -0.2) is 25.1 Å². The minimum Gasteiger partial charge on any atom is -0.492 e. The molecule has 4 aromatic carbocycles. The van der Waals surface area contributed by atoms with Gasteiger partial charge in [-0.2, -0.15) is 5.06 Å². The Morgan fingerprint density at radius 1 is 0.571 bits per heavy atom. The average molecular weight is 665 g/mol. The lowest BCUT2D eigenvalue weighted by molar-refractivity contribution is -0.153. The van der Waals surface area contributed by atoms with Crippen LogP contribution < -0.4 is 19.4 Å². The zero-order valence-corrected chi connectivity index (χ0v) is 30.8. The molecule has 7 nitrogen and oxygen atoms in total. The summed E-state index contributed by atoms with van der Waals surface area (Å²) in [6.45, 7) is 21.4. The van der Waals surface area contributed by atoms with E-state index in [4.69, 9.17) is 14.3 Å². The normalized spacial score (nSPS) is 11.6. The SMILES string of the molecule is CCOc1ccc(C(C)(C)C)cc1N(OC(=O)C(=O)N(c1ccccc1CC)c1cc(C(C)(C)C)ccc1OCC)c1ccccc1CC. The maximum absolute atomic E-state index is 14.8. The maximum Gasteiger partial charge on any atom is 0.422 e. The van der Waals surface area contributed by atoms with Crippen LogP contribution in [0.2, 0.25) is 0 Å². The van der Waals surface area contributed by atoms with Gasteiger partial charge in [0.1, 0.15) is 17.2 Å². The highest BCUT2D eigenvalue weighted by Crippen LogP contribution is 2.42. The zero-order chi connectivity index (χ0) is 35.9. The van der Waals surface area contributed by atoms with Crippen molar-refractivity contribution in [2.75, 3.05) is 23.2 Å². The Bertz CT molecular complexity index is 1770. The Balaban J connectivity index is 1.94. The van der Waals surface area contributed by atoms with Crippen LogP contribution in [0.3, 0.4) is 0 Å². The Labute approximate surface area is 292 Å². The van der Waals surface area contributed by atoms with Crippen LogP contribution in [0.25, 0.3) is 0 Å². The Morgan fingerprint density at radius 3 is 1.51 bits per heavy atom. The molecule has 4 aromatic rings. The molecular formula is C42H52N2O5. The summed E-state index contributed by atoms with van der Waals surface area (Å²) >= 11 is 0. The van der Waals surface area contributed by atoms with Crippen molar-refractivity contribution in [3.8, 4) is 11.5 Å². The predicted molar refractivity (Wildman–Crippen MR) is 200 cm³/mol. The number of carbonyl (C=O) groups is 2. The molecule has 0 aromatic heterocycles. The van der Waals surface area contributed by atoms with E-state index in [0.29, 0.717) is 60.3 Å². The van der Waals surface area contributed by atoms with Crippen LogP contribution in [0.15, 0.2) is 84.9 Å². The van der Waals surface area contributed by atoms with Crippen molar-refractivity contribution in [2.45, 2.75) is 92.9 Å². The molecule has 0 aliphatic carbocycles. The van der Waals surface area contributed by atoms with Gasteiger partial charge >= 0.3 is 11.9 Å². The molecule has 0 saturated heterocycles. The second-order valence-electron chi connectivity index (χ2n) is 14.0. The van der Waals surface area contributed by atoms with Crippen molar-refractivity contribution in [3.63, 3.8) is 0 Å². The van der Waals surface area contributed by atoms with E-state index < -0.39 is 11.9 Å². The number of nitrogens with zero attached hydrogens (tertiary/aromatic N) is 2. The number of carbonyl (C=O) groups excluding carboxylic acids is 2. The highest BCUT2D eigenvalue weighted by molar-refractivity contribution is 6.40. The van der Waals surface area contributed by atoms with Crippen molar-refractivity contribution in [1.82, 2.24) is 0 Å². The van der Waals surface area contributed by atoms with Crippen molar-refractivity contribution in [1.29, 1.82) is 0 Å². The monoisotopic (exact) mass is 664 g/mol. The number of amides is 1. The molecule has 0 atom stereocenters. The minimum absolute atomic E-state index is 0.205. The van der Waals surface area contributed by atoms with Crippen LogP contribution in [-0.2, 0) is 38.1 Å². The third-order valence-corrected chi connectivity index (χ3v) is 8.47. The molecule has 0 radical (unpaired) electrons. The summed E-state index contributed by atoms with van der Waals surface area (Å²) in [6, 6.07) is 27.0. The third-order valence-electron chi connectivity index (χ3n) is 8.47. The van der Waals surface area contributed by atoms with Crippen LogP contribution >= 0.6 is 0 Å². The van der Waals surface area contributed by atoms with Gasteiger partial charge in [0.05, 0.1) is 30.3 Å². The lowest BCUT2D eigenvalue weighted by atomic mass is 9.86. The highest BCUT2D eigenvalue weighted by atomic mass is 16.7. The minimum atomic E-state index is -1.05. The van der Waals surface area contributed by atoms with Gasteiger partial charge in [-0.3, -0.25) is 9.69 Å². The van der Waals surface area contributed by atoms with Crippen molar-refractivity contribution in [3.05, 3.63) is 107 Å². The summed E-state index contributed by atoms with van der Waals surface area (Å²) in [5.74, 6) is -0.875. The van der Waals surface area contributed by atoms with Crippen LogP contribution in [0.4, 0.5) is 22.7 Å². The van der Waals surface area contributed by atoms with Crippen LogP contribution in [0.1, 0.15) is 91.5 Å². The summed E-state index contributed by atoms with van der Waals surface area (Å²) < 4.78 is 12.2. The van der Waals surface area contributed by atoms with E-state index in [1.165, 1.54) is 9.96 Å². The fraction of sp³-hybridized carbons (Fsp3) is 0.381. The summed E-state index contributed by atoms with van der Waals surface area (Å²) in [5.41, 5.74) is 5.65. The lowest BCUT2D eigenvalue weighted by Gasteiger charge is -2.31. The van der Waals surface area contributed by atoms with Gasteiger partial charge in [-0.25, -0.2) is 4.79 Å². The number of benzene rings is 4. The van der Waals surface area contributed by atoms with Crippen LogP contribution in [0, 0.1) is 0 Å². The van der Waals surface area contributed by atoms with Gasteiger partial charge in [-0.05, 0) is 96.2 Å². The Kier molecular flexibility index (Phi) is 11.8. The van der Waals surface area contributed by atoms with Gasteiger partial charge in [0.2, 0.25) is 0 Å². The first-order chi connectivity index (χ1) is 23.2. The van der Waals surface area contributed by atoms with Gasteiger partial charge in [0.15, 0.2) is 0 Å². The molecule has 0 saturated carbocycles. The molecule has 0 N–H and O–H groups in total. The van der Waals surface area contributed by atoms with Gasteiger partial charge < -0.3 is 14.3 Å². The Hall–Kier alpha value is -4.78. The number of para-hydroxylation sites is 2. The van der Waals surface area contributed by atoms with Gasteiger partial charge in [-0.1, -0.05) is 104 Å². The largest absolute Gasteiger partial charge is 0.492 e. The first kappa shape index (κ1) is 37.0. The van der Waals surface area contributed by atoms with E-state index >= 15 is 0 Å². The van der Waals surface area contributed by atoms with Crippen molar-refractivity contribution < 1.29 is 23.9 Å². The number of hydrogen-bond acceptors (Lipinski definition) is 6. The highest BCUT2D eigenvalue weighted by Gasteiger charge is 2.34. The number of anilines is 4. The van der Waals surface area contributed by atoms with Crippen molar-refractivity contribution >= 4 is 34.6 Å². The van der Waals surface area contributed by atoms with Crippen LogP contribution in [0.5, 0.6) is 11.5 Å². The second kappa shape index (κ2) is 15.6. The summed E-state index contributed by atoms with van der Waals surface area (Å²) in [4.78, 5) is 36.9. The topological polar surface area (TPSA) is 68.3 Å².